The van der Waals surface area contributed by atoms with Gasteiger partial charge in [0.25, 0.3) is 5.91 Å². The summed E-state index contributed by atoms with van der Waals surface area (Å²) in [6.07, 6.45) is 0.880. The third kappa shape index (κ3) is 6.83. The van der Waals surface area contributed by atoms with E-state index < -0.39 is 38.8 Å². The third-order valence-electron chi connectivity index (χ3n) is 7.13. The molecule has 2 aliphatic rings. The molecule has 13 heteroatoms. The van der Waals surface area contributed by atoms with Crippen LogP contribution in [0.3, 0.4) is 0 Å². The quantitative estimate of drug-likeness (QED) is 0.328. The number of rotatable bonds is 9. The molecule has 2 fully saturated rings. The zero-order valence-corrected chi connectivity index (χ0v) is 23.6. The van der Waals surface area contributed by atoms with Gasteiger partial charge in [-0.1, -0.05) is 12.8 Å². The normalized spacial score (nSPS) is 19.6. The highest BCUT2D eigenvalue weighted by Gasteiger charge is 2.49. The average Bonchev–Trinajstić information content (AvgIpc) is 3.00. The number of nitrogens with zero attached hydrogens (tertiary/aromatic N) is 5. The van der Waals surface area contributed by atoms with E-state index in [9.17, 15) is 26.4 Å². The molecule has 2 saturated heterocycles. The van der Waals surface area contributed by atoms with Crippen LogP contribution in [0.25, 0.3) is 0 Å². The number of sulfonamides is 1. The molecule has 1 aromatic rings. The maximum absolute atomic E-state index is 13.5. The lowest BCUT2D eigenvalue weighted by Crippen LogP contribution is -2.44. The number of thiocarbonyl (C=S) groups is 1. The fraction of sp³-hybridized carbons (Fsp3) is 0.640. The zero-order valence-electron chi connectivity index (χ0n) is 21.9. The highest BCUT2D eigenvalue weighted by atomic mass is 32.2. The fourth-order valence-electron chi connectivity index (χ4n) is 4.90. The first-order valence-corrected chi connectivity index (χ1v) is 14.9. The van der Waals surface area contributed by atoms with Gasteiger partial charge in [-0.15, -0.1) is 0 Å². The van der Waals surface area contributed by atoms with Crippen molar-refractivity contribution in [1.29, 1.82) is 5.26 Å². The molecular formula is C25H34F3N5O3S2. The van der Waals surface area contributed by atoms with E-state index in [1.165, 1.54) is 16.6 Å². The number of unbranched alkanes of at least 4 members (excludes halogenated alkanes) is 3. The van der Waals surface area contributed by atoms with Gasteiger partial charge >= 0.3 is 6.18 Å². The van der Waals surface area contributed by atoms with Gasteiger partial charge in [0, 0.05) is 26.2 Å². The maximum atomic E-state index is 13.5. The van der Waals surface area contributed by atoms with E-state index >= 15 is 0 Å². The van der Waals surface area contributed by atoms with Crippen LogP contribution in [0.5, 0.6) is 0 Å². The summed E-state index contributed by atoms with van der Waals surface area (Å²) in [5, 5.41) is 9.21. The zero-order chi connectivity index (χ0) is 28.3. The maximum Gasteiger partial charge on any atom is 0.417 e. The predicted octanol–water partition coefficient (Wildman–Crippen LogP) is 3.82. The Kier molecular flexibility index (Phi) is 9.45. The fourth-order valence-corrected chi connectivity index (χ4v) is 6.29. The summed E-state index contributed by atoms with van der Waals surface area (Å²) in [5.41, 5.74) is -2.63. The Balaban J connectivity index is 1.54. The summed E-state index contributed by atoms with van der Waals surface area (Å²) >= 11 is 5.53. The van der Waals surface area contributed by atoms with Crippen molar-refractivity contribution in [3.63, 3.8) is 0 Å². The number of halogens is 3. The molecule has 210 valence electrons. The molecule has 0 bridgehead atoms. The van der Waals surface area contributed by atoms with Gasteiger partial charge in [-0.25, -0.2) is 12.7 Å². The van der Waals surface area contributed by atoms with Crippen LogP contribution in [0, 0.1) is 11.3 Å². The van der Waals surface area contributed by atoms with Crippen molar-refractivity contribution in [2.75, 3.05) is 50.4 Å². The highest BCUT2D eigenvalue weighted by Crippen LogP contribution is 2.38. The first-order valence-electron chi connectivity index (χ1n) is 12.6. The lowest BCUT2D eigenvalue weighted by atomic mass is 10.0. The SMILES string of the molecule is CC1(C)C(=O)N(c2ccc(C#N)c(C(F)(F)F)c2)C(=S)N1CCCCCCN1CCCN(S(C)(=O)=O)CC1. The summed E-state index contributed by atoms with van der Waals surface area (Å²) in [5.74, 6) is -0.412. The van der Waals surface area contributed by atoms with E-state index in [1.807, 2.05) is 0 Å². The second-order valence-corrected chi connectivity index (χ2v) is 12.6. The van der Waals surface area contributed by atoms with Crippen molar-refractivity contribution in [3.05, 3.63) is 29.3 Å². The number of benzene rings is 1. The number of carbonyl (C=O) groups excluding carboxylic acids is 1. The van der Waals surface area contributed by atoms with Gasteiger partial charge < -0.3 is 9.80 Å². The number of hydrogen-bond acceptors (Lipinski definition) is 6. The molecule has 0 radical (unpaired) electrons. The van der Waals surface area contributed by atoms with Crippen LogP contribution in [0.1, 0.15) is 57.1 Å². The monoisotopic (exact) mass is 573 g/mol. The second kappa shape index (κ2) is 11.9. The highest BCUT2D eigenvalue weighted by molar-refractivity contribution is 7.88. The molecule has 1 amide bonds. The summed E-state index contributed by atoms with van der Waals surface area (Å²) in [4.78, 5) is 18.4. The first kappa shape index (κ1) is 30.3. The number of carbonyl (C=O) groups is 1. The lowest BCUT2D eigenvalue weighted by Gasteiger charge is -2.29. The molecule has 38 heavy (non-hydrogen) atoms. The van der Waals surface area contributed by atoms with E-state index in [-0.39, 0.29) is 10.8 Å². The van der Waals surface area contributed by atoms with E-state index in [0.29, 0.717) is 26.2 Å². The van der Waals surface area contributed by atoms with Crippen molar-refractivity contribution < 1.29 is 26.4 Å². The van der Waals surface area contributed by atoms with Gasteiger partial charge in [0.2, 0.25) is 10.0 Å². The molecule has 0 saturated carbocycles. The molecule has 1 aromatic carbocycles. The van der Waals surface area contributed by atoms with E-state index in [2.05, 4.69) is 4.90 Å². The number of amides is 1. The molecule has 2 heterocycles. The molecule has 0 spiro atoms. The second-order valence-electron chi connectivity index (χ2n) is 10.2. The van der Waals surface area contributed by atoms with Gasteiger partial charge in [0.1, 0.15) is 5.54 Å². The molecule has 0 aromatic heterocycles. The molecule has 0 unspecified atom stereocenters. The Labute approximate surface area is 228 Å². The van der Waals surface area contributed by atoms with Crippen molar-refractivity contribution >= 4 is 38.9 Å². The number of nitriles is 1. The predicted molar refractivity (Wildman–Crippen MR) is 143 cm³/mol. The van der Waals surface area contributed by atoms with Crippen LogP contribution >= 0.6 is 12.2 Å². The molecular weight excluding hydrogens is 539 g/mol. The minimum atomic E-state index is -4.74. The number of hydrogen-bond donors (Lipinski definition) is 0. The third-order valence-corrected chi connectivity index (χ3v) is 8.84. The first-order chi connectivity index (χ1) is 17.7. The van der Waals surface area contributed by atoms with E-state index in [4.69, 9.17) is 17.5 Å². The van der Waals surface area contributed by atoms with Crippen LogP contribution < -0.4 is 4.90 Å². The molecule has 3 rings (SSSR count). The van der Waals surface area contributed by atoms with Crippen molar-refractivity contribution in [1.82, 2.24) is 14.1 Å². The van der Waals surface area contributed by atoms with Crippen molar-refractivity contribution in [2.24, 2.45) is 0 Å². The lowest BCUT2D eigenvalue weighted by molar-refractivity contribution is -0.137. The van der Waals surface area contributed by atoms with Crippen LogP contribution in [-0.2, 0) is 21.0 Å². The summed E-state index contributed by atoms with van der Waals surface area (Å²) in [6.45, 7) is 7.43. The van der Waals surface area contributed by atoms with Crippen molar-refractivity contribution in [2.45, 2.75) is 57.7 Å². The standard InChI is InChI=1S/C25H34F3N5O3S2/c1-24(2)22(34)33(20-10-9-19(18-29)21(17-20)25(26,27)28)23(37)32(24)14-7-5-4-6-11-30-12-8-13-31(16-15-30)38(3,35)36/h9-10,17H,4-8,11-16H2,1-3H3. The molecule has 0 aliphatic carbocycles. The van der Waals surface area contributed by atoms with Gasteiger partial charge in [0.05, 0.1) is 29.1 Å². The smallest absolute Gasteiger partial charge is 0.334 e. The van der Waals surface area contributed by atoms with E-state index in [0.717, 1.165) is 62.2 Å². The molecule has 2 aliphatic heterocycles. The minimum absolute atomic E-state index is 0.00575. The van der Waals surface area contributed by atoms with Crippen LogP contribution in [-0.4, -0.2) is 84.6 Å². The van der Waals surface area contributed by atoms with Crippen LogP contribution in [0.4, 0.5) is 18.9 Å². The Morgan fingerprint density at radius 3 is 2.32 bits per heavy atom. The molecule has 0 N–H and O–H groups in total. The van der Waals surface area contributed by atoms with Crippen molar-refractivity contribution in [3.8, 4) is 6.07 Å². The van der Waals surface area contributed by atoms with Gasteiger partial charge in [-0.05, 0) is 76.6 Å². The van der Waals surface area contributed by atoms with Gasteiger partial charge in [0.15, 0.2) is 5.11 Å². The topological polar surface area (TPSA) is 88.0 Å². The Bertz CT molecular complexity index is 1200. The summed E-state index contributed by atoms with van der Waals surface area (Å²) < 4.78 is 65.5. The van der Waals surface area contributed by atoms with Gasteiger partial charge in [-0.2, -0.15) is 18.4 Å². The number of anilines is 1. The Morgan fingerprint density at radius 2 is 1.71 bits per heavy atom. The summed E-state index contributed by atoms with van der Waals surface area (Å²) in [6, 6.07) is 4.73. The molecule has 8 nitrogen and oxygen atoms in total. The Morgan fingerprint density at radius 1 is 1.05 bits per heavy atom. The van der Waals surface area contributed by atoms with E-state index in [1.54, 1.807) is 24.8 Å². The Hall–Kier alpha value is -2.27. The van der Waals surface area contributed by atoms with Crippen LogP contribution in [0.2, 0.25) is 0 Å². The largest absolute Gasteiger partial charge is 0.417 e. The van der Waals surface area contributed by atoms with Gasteiger partial charge in [-0.3, -0.25) is 9.69 Å². The summed E-state index contributed by atoms with van der Waals surface area (Å²) in [7, 11) is -3.16. The number of alkyl halides is 3. The minimum Gasteiger partial charge on any atom is -0.334 e. The average molecular weight is 574 g/mol. The van der Waals surface area contributed by atoms with Crippen LogP contribution in [0.15, 0.2) is 18.2 Å². The molecule has 0 atom stereocenters.